The number of nitrogens with two attached hydrogens (primary N) is 1. The average molecular weight is 264 g/mol. The van der Waals surface area contributed by atoms with Gasteiger partial charge in [0.25, 0.3) is 0 Å². The Hall–Kier alpha value is -0.840. The van der Waals surface area contributed by atoms with Gasteiger partial charge in [-0.05, 0) is 26.0 Å². The molecular formula is C13H16N2S2. The summed E-state index contributed by atoms with van der Waals surface area (Å²) in [6, 6.07) is 8.67. The van der Waals surface area contributed by atoms with Crippen molar-refractivity contribution in [2.45, 2.75) is 30.5 Å². The number of nitrogens with zero attached hydrogens (tertiary/aromatic N) is 1. The molecule has 2 rings (SSSR count). The van der Waals surface area contributed by atoms with Gasteiger partial charge in [0.05, 0.1) is 5.75 Å². The van der Waals surface area contributed by atoms with Crippen LogP contribution in [0, 0.1) is 6.92 Å². The summed E-state index contributed by atoms with van der Waals surface area (Å²) in [7, 11) is 0. The van der Waals surface area contributed by atoms with Crippen LogP contribution in [0.5, 0.6) is 0 Å². The third kappa shape index (κ3) is 3.56. The highest BCUT2D eigenvalue weighted by Crippen LogP contribution is 2.26. The van der Waals surface area contributed by atoms with E-state index in [0.29, 0.717) is 0 Å². The second kappa shape index (κ2) is 5.67. The summed E-state index contributed by atoms with van der Waals surface area (Å²) in [4.78, 5) is 6.83. The summed E-state index contributed by atoms with van der Waals surface area (Å²) in [5.74, 6) is 0.917. The minimum atomic E-state index is 0.0885. The monoisotopic (exact) mass is 264 g/mol. The Morgan fingerprint density at radius 1 is 1.35 bits per heavy atom. The lowest BCUT2D eigenvalue weighted by Crippen LogP contribution is -2.01. The van der Waals surface area contributed by atoms with E-state index in [9.17, 15) is 0 Å². The van der Waals surface area contributed by atoms with Gasteiger partial charge in [-0.3, -0.25) is 0 Å². The first-order chi connectivity index (χ1) is 8.15. The number of thiazole rings is 1. The van der Waals surface area contributed by atoms with E-state index >= 15 is 0 Å². The molecule has 0 aliphatic heterocycles. The average Bonchev–Trinajstić information content (AvgIpc) is 2.77. The van der Waals surface area contributed by atoms with Gasteiger partial charge in [-0.25, -0.2) is 4.98 Å². The number of rotatable bonds is 4. The van der Waals surface area contributed by atoms with Crippen LogP contribution in [-0.2, 0) is 5.75 Å². The fourth-order valence-corrected chi connectivity index (χ4v) is 3.16. The Kier molecular flexibility index (Phi) is 4.20. The van der Waals surface area contributed by atoms with Gasteiger partial charge in [-0.2, -0.15) is 0 Å². The maximum atomic E-state index is 5.81. The molecule has 0 saturated heterocycles. The lowest BCUT2D eigenvalue weighted by molar-refractivity contribution is 0.835. The first-order valence-electron chi connectivity index (χ1n) is 5.55. The number of aryl methyl sites for hydroxylation is 1. The van der Waals surface area contributed by atoms with E-state index in [0.717, 1.165) is 15.6 Å². The standard InChI is InChI=1S/C13H16N2S2/c1-9-3-5-11(6-4-9)16-8-13-15-7-12(17-13)10(2)14/h3-7,10H,8,14H2,1-2H3. The first-order valence-corrected chi connectivity index (χ1v) is 7.35. The molecular weight excluding hydrogens is 248 g/mol. The molecule has 90 valence electrons. The summed E-state index contributed by atoms with van der Waals surface area (Å²) in [6.07, 6.45) is 1.89. The maximum absolute atomic E-state index is 5.81. The van der Waals surface area contributed by atoms with Crippen LogP contribution in [0.3, 0.4) is 0 Å². The molecule has 2 nitrogen and oxygen atoms in total. The van der Waals surface area contributed by atoms with E-state index in [2.05, 4.69) is 36.2 Å². The van der Waals surface area contributed by atoms with Crippen molar-refractivity contribution >= 4 is 23.1 Å². The summed E-state index contributed by atoms with van der Waals surface area (Å²) >= 11 is 3.52. The minimum Gasteiger partial charge on any atom is -0.323 e. The van der Waals surface area contributed by atoms with Crippen molar-refractivity contribution in [3.63, 3.8) is 0 Å². The SMILES string of the molecule is Cc1ccc(SCc2ncc(C(C)N)s2)cc1. The molecule has 2 N–H and O–H groups in total. The number of benzene rings is 1. The molecule has 1 atom stereocenters. The molecule has 0 fully saturated rings. The van der Waals surface area contributed by atoms with E-state index in [-0.39, 0.29) is 6.04 Å². The topological polar surface area (TPSA) is 38.9 Å². The van der Waals surface area contributed by atoms with Crippen molar-refractivity contribution in [1.29, 1.82) is 0 Å². The zero-order chi connectivity index (χ0) is 12.3. The maximum Gasteiger partial charge on any atom is 0.103 e. The van der Waals surface area contributed by atoms with Crippen LogP contribution in [0.1, 0.15) is 28.4 Å². The molecule has 0 amide bonds. The molecule has 0 radical (unpaired) electrons. The predicted molar refractivity (Wildman–Crippen MR) is 75.5 cm³/mol. The molecule has 0 bridgehead atoms. The van der Waals surface area contributed by atoms with Crippen LogP contribution in [0.25, 0.3) is 0 Å². The molecule has 17 heavy (non-hydrogen) atoms. The smallest absolute Gasteiger partial charge is 0.103 e. The van der Waals surface area contributed by atoms with E-state index in [4.69, 9.17) is 5.73 Å². The number of hydrogen-bond donors (Lipinski definition) is 1. The molecule has 0 aliphatic carbocycles. The highest BCUT2D eigenvalue weighted by molar-refractivity contribution is 7.98. The minimum absolute atomic E-state index is 0.0885. The van der Waals surface area contributed by atoms with Gasteiger partial charge in [0.15, 0.2) is 0 Å². The van der Waals surface area contributed by atoms with Crippen LogP contribution < -0.4 is 5.73 Å². The summed E-state index contributed by atoms with van der Waals surface area (Å²) in [5, 5.41) is 1.14. The first kappa shape index (κ1) is 12.6. The number of hydrogen-bond acceptors (Lipinski definition) is 4. The molecule has 0 saturated carbocycles. The van der Waals surface area contributed by atoms with Crippen LogP contribution in [0.4, 0.5) is 0 Å². The third-order valence-corrected chi connectivity index (χ3v) is 4.81. The van der Waals surface area contributed by atoms with Crippen molar-refractivity contribution in [2.24, 2.45) is 5.73 Å². The highest BCUT2D eigenvalue weighted by atomic mass is 32.2. The Balaban J connectivity index is 1.95. The lowest BCUT2D eigenvalue weighted by Gasteiger charge is -2.00. The molecule has 1 unspecified atom stereocenters. The normalized spacial score (nSPS) is 12.6. The number of aromatic nitrogens is 1. The van der Waals surface area contributed by atoms with E-state index in [1.54, 1.807) is 11.3 Å². The Morgan fingerprint density at radius 2 is 2.06 bits per heavy atom. The Morgan fingerprint density at radius 3 is 2.65 bits per heavy atom. The van der Waals surface area contributed by atoms with E-state index in [1.165, 1.54) is 10.5 Å². The summed E-state index contributed by atoms with van der Waals surface area (Å²) in [6.45, 7) is 4.09. The molecule has 4 heteroatoms. The van der Waals surface area contributed by atoms with Gasteiger partial charge < -0.3 is 5.73 Å². The Bertz CT molecular complexity index is 474. The van der Waals surface area contributed by atoms with Gasteiger partial charge in [0.2, 0.25) is 0 Å². The lowest BCUT2D eigenvalue weighted by atomic mass is 10.2. The van der Waals surface area contributed by atoms with Gasteiger partial charge in [-0.15, -0.1) is 23.1 Å². The van der Waals surface area contributed by atoms with Crippen LogP contribution in [0.2, 0.25) is 0 Å². The third-order valence-electron chi connectivity index (χ3n) is 2.40. The zero-order valence-corrected chi connectivity index (χ0v) is 11.6. The van der Waals surface area contributed by atoms with Crippen molar-refractivity contribution < 1.29 is 0 Å². The van der Waals surface area contributed by atoms with Crippen molar-refractivity contribution in [3.05, 3.63) is 45.9 Å². The Labute approximate surface area is 110 Å². The fraction of sp³-hybridized carbons (Fsp3) is 0.308. The molecule has 0 spiro atoms. The van der Waals surface area contributed by atoms with Crippen LogP contribution in [0.15, 0.2) is 35.4 Å². The summed E-state index contributed by atoms with van der Waals surface area (Å²) < 4.78 is 0. The number of thioether (sulfide) groups is 1. The van der Waals surface area contributed by atoms with Gasteiger partial charge in [-0.1, -0.05) is 17.7 Å². The van der Waals surface area contributed by atoms with Gasteiger partial charge >= 0.3 is 0 Å². The van der Waals surface area contributed by atoms with Gasteiger partial charge in [0, 0.05) is 22.0 Å². The quantitative estimate of drug-likeness (QED) is 0.854. The van der Waals surface area contributed by atoms with Crippen molar-refractivity contribution in [2.75, 3.05) is 0 Å². The van der Waals surface area contributed by atoms with Crippen molar-refractivity contribution in [1.82, 2.24) is 4.98 Å². The predicted octanol–water partition coefficient (Wildman–Crippen LogP) is 3.76. The second-order valence-electron chi connectivity index (χ2n) is 4.05. The highest BCUT2D eigenvalue weighted by Gasteiger charge is 2.06. The molecule has 2 aromatic rings. The zero-order valence-electron chi connectivity index (χ0n) is 10.0. The van der Waals surface area contributed by atoms with E-state index < -0.39 is 0 Å². The van der Waals surface area contributed by atoms with Crippen LogP contribution >= 0.6 is 23.1 Å². The largest absolute Gasteiger partial charge is 0.323 e. The molecule has 1 aromatic heterocycles. The molecule has 1 aromatic carbocycles. The van der Waals surface area contributed by atoms with Gasteiger partial charge in [0.1, 0.15) is 5.01 Å². The molecule has 0 aliphatic rings. The van der Waals surface area contributed by atoms with Crippen molar-refractivity contribution in [3.8, 4) is 0 Å². The molecule has 1 heterocycles. The summed E-state index contributed by atoms with van der Waals surface area (Å²) in [5.41, 5.74) is 7.11. The van der Waals surface area contributed by atoms with Crippen LogP contribution in [-0.4, -0.2) is 4.98 Å². The fourth-order valence-electron chi connectivity index (χ4n) is 1.38. The second-order valence-corrected chi connectivity index (χ2v) is 6.24. The van der Waals surface area contributed by atoms with E-state index in [1.807, 2.05) is 24.9 Å².